The first kappa shape index (κ1) is 16.6. The number of hydrogen-bond donors (Lipinski definition) is 1. The molecule has 0 unspecified atom stereocenters. The molecular weight excluding hydrogens is 366 g/mol. The number of aromatic nitrogens is 4. The molecule has 0 fully saturated rings. The summed E-state index contributed by atoms with van der Waals surface area (Å²) in [6.45, 7) is 0.677. The molecule has 28 heavy (non-hydrogen) atoms. The first-order valence-corrected chi connectivity index (χ1v) is 9.88. The fraction of sp³-hybridized carbons (Fsp3) is 0.0455. The van der Waals surface area contributed by atoms with E-state index in [2.05, 4.69) is 39.0 Å². The third-order valence-corrected chi connectivity index (χ3v) is 5.26. The van der Waals surface area contributed by atoms with E-state index in [1.54, 1.807) is 17.5 Å². The molecule has 0 aliphatic heterocycles. The molecule has 3 aromatic heterocycles. The number of nitrogens with one attached hydrogen (secondary N) is 1. The molecule has 0 saturated carbocycles. The fourth-order valence-corrected chi connectivity index (χ4v) is 3.89. The summed E-state index contributed by atoms with van der Waals surface area (Å²) in [6.07, 6.45) is 3.82. The largest absolute Gasteiger partial charge is 0.350 e. The van der Waals surface area contributed by atoms with Crippen molar-refractivity contribution in [2.45, 2.75) is 6.54 Å². The van der Waals surface area contributed by atoms with Crippen molar-refractivity contribution in [3.05, 3.63) is 90.1 Å². The van der Waals surface area contributed by atoms with Gasteiger partial charge >= 0.3 is 0 Å². The molecule has 136 valence electrons. The van der Waals surface area contributed by atoms with Crippen molar-refractivity contribution in [3.63, 3.8) is 0 Å². The summed E-state index contributed by atoms with van der Waals surface area (Å²) in [4.78, 5) is 14.9. The minimum Gasteiger partial charge on any atom is -0.350 e. The molecule has 0 saturated heterocycles. The summed E-state index contributed by atoms with van der Waals surface area (Å²) in [5.41, 5.74) is 5.01. The van der Waals surface area contributed by atoms with Gasteiger partial charge in [0.15, 0.2) is 4.96 Å². The molecule has 5 nitrogen and oxygen atoms in total. The van der Waals surface area contributed by atoms with Gasteiger partial charge in [-0.2, -0.15) is 0 Å². The van der Waals surface area contributed by atoms with E-state index in [4.69, 9.17) is 9.97 Å². The number of hydrogen-bond acceptors (Lipinski definition) is 5. The molecule has 3 heterocycles. The van der Waals surface area contributed by atoms with Gasteiger partial charge in [-0.25, -0.2) is 15.0 Å². The van der Waals surface area contributed by atoms with Crippen LogP contribution in [0.4, 0.5) is 5.95 Å². The first-order chi connectivity index (χ1) is 13.9. The van der Waals surface area contributed by atoms with Crippen molar-refractivity contribution in [1.29, 1.82) is 0 Å². The summed E-state index contributed by atoms with van der Waals surface area (Å²) in [5.74, 6) is 0.602. The number of thiazole rings is 1. The van der Waals surface area contributed by atoms with Crippen LogP contribution in [-0.4, -0.2) is 19.4 Å². The van der Waals surface area contributed by atoms with Crippen molar-refractivity contribution >= 4 is 22.2 Å². The van der Waals surface area contributed by atoms with E-state index in [-0.39, 0.29) is 0 Å². The van der Waals surface area contributed by atoms with Crippen LogP contribution in [0.2, 0.25) is 0 Å². The Labute approximate surface area is 166 Å². The number of rotatable bonds is 5. The zero-order chi connectivity index (χ0) is 18.8. The standard InChI is InChI=1S/C22H17N5S/c1-3-7-16(8-4-1)15-24-21-23-12-11-18(25-21)20-19(17-9-5-2-6-10-17)26-22-27(20)13-14-28-22/h1-14H,15H2,(H,23,24,25). The van der Waals surface area contributed by atoms with Crippen molar-refractivity contribution in [3.8, 4) is 22.6 Å². The van der Waals surface area contributed by atoms with Gasteiger partial charge in [0.1, 0.15) is 5.69 Å². The summed E-state index contributed by atoms with van der Waals surface area (Å²) >= 11 is 1.62. The monoisotopic (exact) mass is 383 g/mol. The second kappa shape index (κ2) is 7.25. The molecule has 0 aliphatic carbocycles. The molecule has 0 bridgehead atoms. The second-order valence-electron chi connectivity index (χ2n) is 6.34. The average Bonchev–Trinajstić information content (AvgIpc) is 3.35. The lowest BCUT2D eigenvalue weighted by molar-refractivity contribution is 1.05. The van der Waals surface area contributed by atoms with E-state index < -0.39 is 0 Å². The fourth-order valence-electron chi connectivity index (χ4n) is 3.18. The predicted octanol–water partition coefficient (Wildman–Crippen LogP) is 5.13. The van der Waals surface area contributed by atoms with Gasteiger partial charge in [0.25, 0.3) is 0 Å². The molecule has 6 heteroatoms. The molecule has 0 radical (unpaired) electrons. The van der Waals surface area contributed by atoms with Gasteiger partial charge in [0.05, 0.1) is 11.4 Å². The van der Waals surface area contributed by atoms with Gasteiger partial charge in [-0.1, -0.05) is 60.7 Å². The molecule has 0 atom stereocenters. The molecule has 5 rings (SSSR count). The molecule has 0 aliphatic rings. The van der Waals surface area contributed by atoms with Crippen LogP contribution in [0, 0.1) is 0 Å². The predicted molar refractivity (Wildman–Crippen MR) is 113 cm³/mol. The van der Waals surface area contributed by atoms with Crippen molar-refractivity contribution < 1.29 is 0 Å². The highest BCUT2D eigenvalue weighted by atomic mass is 32.1. The van der Waals surface area contributed by atoms with Crippen LogP contribution in [0.5, 0.6) is 0 Å². The smallest absolute Gasteiger partial charge is 0.223 e. The zero-order valence-electron chi connectivity index (χ0n) is 15.0. The van der Waals surface area contributed by atoms with Gasteiger partial charge in [-0.05, 0) is 11.6 Å². The highest BCUT2D eigenvalue weighted by Gasteiger charge is 2.18. The molecular formula is C22H17N5S. The van der Waals surface area contributed by atoms with Crippen LogP contribution in [0.1, 0.15) is 5.56 Å². The van der Waals surface area contributed by atoms with Gasteiger partial charge in [0, 0.05) is 29.9 Å². The Morgan fingerprint density at radius 2 is 1.68 bits per heavy atom. The summed E-state index contributed by atoms with van der Waals surface area (Å²) < 4.78 is 2.09. The van der Waals surface area contributed by atoms with Crippen LogP contribution in [0.25, 0.3) is 27.6 Å². The third-order valence-electron chi connectivity index (χ3n) is 4.50. The maximum atomic E-state index is 4.84. The molecule has 0 amide bonds. The molecule has 0 spiro atoms. The van der Waals surface area contributed by atoms with Crippen LogP contribution in [0.15, 0.2) is 84.5 Å². The van der Waals surface area contributed by atoms with Gasteiger partial charge in [-0.3, -0.25) is 4.40 Å². The summed E-state index contributed by atoms with van der Waals surface area (Å²) in [6, 6.07) is 22.4. The van der Waals surface area contributed by atoms with Crippen LogP contribution >= 0.6 is 11.3 Å². The average molecular weight is 383 g/mol. The number of nitrogens with zero attached hydrogens (tertiary/aromatic N) is 4. The lowest BCUT2D eigenvalue weighted by atomic mass is 10.1. The lowest BCUT2D eigenvalue weighted by Gasteiger charge is -2.08. The highest BCUT2D eigenvalue weighted by Crippen LogP contribution is 2.33. The summed E-state index contributed by atoms with van der Waals surface area (Å²) in [7, 11) is 0. The maximum absolute atomic E-state index is 4.84. The van der Waals surface area contributed by atoms with E-state index >= 15 is 0 Å². The number of benzene rings is 2. The number of anilines is 1. The van der Waals surface area contributed by atoms with Gasteiger partial charge in [-0.15, -0.1) is 11.3 Å². The second-order valence-corrected chi connectivity index (χ2v) is 7.21. The molecule has 2 aromatic carbocycles. The number of imidazole rings is 1. The maximum Gasteiger partial charge on any atom is 0.223 e. The Morgan fingerprint density at radius 1 is 0.893 bits per heavy atom. The molecule has 1 N–H and O–H groups in total. The van der Waals surface area contributed by atoms with Gasteiger partial charge < -0.3 is 5.32 Å². The number of fused-ring (bicyclic) bond motifs is 1. The van der Waals surface area contributed by atoms with Crippen molar-refractivity contribution in [2.75, 3.05) is 5.32 Å². The Bertz CT molecular complexity index is 1210. The Balaban J connectivity index is 1.54. The van der Waals surface area contributed by atoms with Crippen molar-refractivity contribution in [1.82, 2.24) is 19.4 Å². The summed E-state index contributed by atoms with van der Waals surface area (Å²) in [5, 5.41) is 5.35. The van der Waals surface area contributed by atoms with Crippen LogP contribution in [-0.2, 0) is 6.54 Å². The minimum absolute atomic E-state index is 0.602. The SMILES string of the molecule is c1ccc(CNc2nccc(-c3c(-c4ccccc4)nc4sccn34)n2)cc1. The van der Waals surface area contributed by atoms with Crippen molar-refractivity contribution in [2.24, 2.45) is 0 Å². The van der Waals surface area contributed by atoms with E-state index in [0.717, 1.165) is 27.6 Å². The van der Waals surface area contributed by atoms with E-state index in [0.29, 0.717) is 12.5 Å². The first-order valence-electron chi connectivity index (χ1n) is 9.01. The van der Waals surface area contributed by atoms with Gasteiger partial charge in [0.2, 0.25) is 5.95 Å². The minimum atomic E-state index is 0.602. The third kappa shape index (κ3) is 3.14. The zero-order valence-corrected chi connectivity index (χ0v) is 15.8. The topological polar surface area (TPSA) is 55.1 Å². The normalized spacial score (nSPS) is 11.0. The Kier molecular flexibility index (Phi) is 4.31. The van der Waals surface area contributed by atoms with E-state index in [1.165, 1.54) is 5.56 Å². The Morgan fingerprint density at radius 3 is 2.50 bits per heavy atom. The quantitative estimate of drug-likeness (QED) is 0.457. The lowest BCUT2D eigenvalue weighted by Crippen LogP contribution is -2.04. The van der Waals surface area contributed by atoms with E-state index in [9.17, 15) is 0 Å². The van der Waals surface area contributed by atoms with Crippen LogP contribution < -0.4 is 5.32 Å². The Hall–Kier alpha value is -3.51. The van der Waals surface area contributed by atoms with Crippen LogP contribution in [0.3, 0.4) is 0 Å². The molecule has 5 aromatic rings. The highest BCUT2D eigenvalue weighted by molar-refractivity contribution is 7.15. The van der Waals surface area contributed by atoms with E-state index in [1.807, 2.05) is 54.0 Å².